The first-order valence-electron chi connectivity index (χ1n) is 9.85. The van der Waals surface area contributed by atoms with E-state index in [1.807, 2.05) is 60.8 Å². The van der Waals surface area contributed by atoms with Crippen molar-refractivity contribution in [2.75, 3.05) is 5.32 Å². The van der Waals surface area contributed by atoms with Crippen LogP contribution in [0.5, 0.6) is 0 Å². The third-order valence-electron chi connectivity index (χ3n) is 4.90. The van der Waals surface area contributed by atoms with Crippen molar-refractivity contribution < 1.29 is 13.6 Å². The van der Waals surface area contributed by atoms with E-state index < -0.39 is 5.25 Å². The molecule has 0 fully saturated rings. The predicted molar refractivity (Wildman–Crippen MR) is 122 cm³/mol. The first kappa shape index (κ1) is 20.0. The lowest BCUT2D eigenvalue weighted by Gasteiger charge is -2.15. The molecule has 3 aromatic carbocycles. The van der Waals surface area contributed by atoms with Gasteiger partial charge in [-0.15, -0.1) is 10.2 Å². The van der Waals surface area contributed by atoms with Gasteiger partial charge in [-0.2, -0.15) is 0 Å². The zero-order valence-corrected chi connectivity index (χ0v) is 17.5. The Hall–Kier alpha value is -3.91. The first-order chi connectivity index (χ1) is 15.7. The lowest BCUT2D eigenvalue weighted by atomic mass is 10.1. The number of nitrogens with zero attached hydrogens (tertiary/aromatic N) is 2. The SMILES string of the molecule is O=C(Nc1ccc(F)cc1)C(Sc1nnc(-c2c[nH]c3ccccc23)o1)c1ccccc1. The van der Waals surface area contributed by atoms with Gasteiger partial charge in [-0.05, 0) is 47.7 Å². The smallest absolute Gasteiger partial charge is 0.277 e. The Balaban J connectivity index is 1.42. The summed E-state index contributed by atoms with van der Waals surface area (Å²) in [5.41, 5.74) is 3.05. The molecule has 2 aromatic heterocycles. The largest absolute Gasteiger partial charge is 0.411 e. The molecule has 1 amide bonds. The maximum atomic E-state index is 13.2. The monoisotopic (exact) mass is 444 g/mol. The molecule has 0 radical (unpaired) electrons. The maximum absolute atomic E-state index is 13.2. The molecule has 0 aliphatic carbocycles. The molecule has 1 unspecified atom stereocenters. The van der Waals surface area contributed by atoms with Crippen LogP contribution in [0.15, 0.2) is 94.7 Å². The van der Waals surface area contributed by atoms with E-state index in [4.69, 9.17) is 4.42 Å². The highest BCUT2D eigenvalue weighted by atomic mass is 32.2. The normalized spacial score (nSPS) is 12.0. The number of amides is 1. The number of nitrogens with one attached hydrogen (secondary N) is 2. The molecule has 1 atom stereocenters. The molecule has 32 heavy (non-hydrogen) atoms. The minimum absolute atomic E-state index is 0.272. The quantitative estimate of drug-likeness (QED) is 0.322. The van der Waals surface area contributed by atoms with Crippen molar-refractivity contribution in [3.8, 4) is 11.5 Å². The minimum atomic E-state index is -0.641. The van der Waals surface area contributed by atoms with Crippen LogP contribution in [0.3, 0.4) is 0 Å². The molecule has 8 heteroatoms. The van der Waals surface area contributed by atoms with Crippen LogP contribution >= 0.6 is 11.8 Å². The number of hydrogen-bond acceptors (Lipinski definition) is 5. The van der Waals surface area contributed by atoms with Crippen molar-refractivity contribution in [3.63, 3.8) is 0 Å². The summed E-state index contributed by atoms with van der Waals surface area (Å²) in [5.74, 6) is -0.275. The Bertz CT molecular complexity index is 1370. The predicted octanol–water partition coefficient (Wildman–Crippen LogP) is 5.83. The van der Waals surface area contributed by atoms with Gasteiger partial charge in [-0.1, -0.05) is 48.5 Å². The van der Waals surface area contributed by atoms with Gasteiger partial charge in [0.15, 0.2) is 0 Å². The molecule has 0 bridgehead atoms. The second-order valence-corrected chi connectivity index (χ2v) is 8.08. The van der Waals surface area contributed by atoms with E-state index in [-0.39, 0.29) is 16.9 Å². The van der Waals surface area contributed by atoms with Crippen molar-refractivity contribution in [2.24, 2.45) is 0 Å². The third kappa shape index (κ3) is 4.13. The van der Waals surface area contributed by atoms with Crippen LogP contribution in [-0.2, 0) is 4.79 Å². The van der Waals surface area contributed by atoms with Gasteiger partial charge >= 0.3 is 0 Å². The molecule has 0 saturated carbocycles. The molecule has 2 heterocycles. The fourth-order valence-corrected chi connectivity index (χ4v) is 4.23. The van der Waals surface area contributed by atoms with Gasteiger partial charge in [0.1, 0.15) is 11.1 Å². The number of H-pyrrole nitrogens is 1. The molecule has 5 rings (SSSR count). The van der Waals surface area contributed by atoms with Crippen LogP contribution < -0.4 is 5.32 Å². The Morgan fingerprint density at radius 2 is 1.72 bits per heavy atom. The van der Waals surface area contributed by atoms with Crippen LogP contribution in [0, 0.1) is 5.82 Å². The minimum Gasteiger partial charge on any atom is -0.411 e. The van der Waals surface area contributed by atoms with Crippen molar-refractivity contribution in [1.29, 1.82) is 0 Å². The van der Waals surface area contributed by atoms with Gasteiger partial charge in [0.05, 0.1) is 5.56 Å². The van der Waals surface area contributed by atoms with Crippen LogP contribution in [0.2, 0.25) is 0 Å². The number of aromatic amines is 1. The number of rotatable bonds is 6. The molecular weight excluding hydrogens is 427 g/mol. The van der Waals surface area contributed by atoms with Crippen LogP contribution in [-0.4, -0.2) is 21.1 Å². The number of benzene rings is 3. The number of aromatic nitrogens is 3. The molecule has 0 saturated heterocycles. The lowest BCUT2D eigenvalue weighted by molar-refractivity contribution is -0.115. The van der Waals surface area contributed by atoms with E-state index in [9.17, 15) is 9.18 Å². The Morgan fingerprint density at radius 3 is 2.53 bits per heavy atom. The molecule has 158 valence electrons. The topological polar surface area (TPSA) is 83.8 Å². The van der Waals surface area contributed by atoms with Gasteiger partial charge in [0.25, 0.3) is 11.1 Å². The maximum Gasteiger partial charge on any atom is 0.277 e. The van der Waals surface area contributed by atoms with Gasteiger partial charge < -0.3 is 14.7 Å². The summed E-state index contributed by atoms with van der Waals surface area (Å²) in [6.07, 6.45) is 1.82. The van der Waals surface area contributed by atoms with E-state index in [0.717, 1.165) is 33.8 Å². The summed E-state index contributed by atoms with van der Waals surface area (Å²) >= 11 is 1.16. The number of carbonyl (C=O) groups excluding carboxylic acids is 1. The summed E-state index contributed by atoms with van der Waals surface area (Å²) in [4.78, 5) is 16.3. The highest BCUT2D eigenvalue weighted by Gasteiger charge is 2.25. The zero-order valence-electron chi connectivity index (χ0n) is 16.7. The van der Waals surface area contributed by atoms with Crippen LogP contribution in [0.4, 0.5) is 10.1 Å². The van der Waals surface area contributed by atoms with Gasteiger partial charge in [-0.3, -0.25) is 4.79 Å². The van der Waals surface area contributed by atoms with Crippen molar-refractivity contribution in [1.82, 2.24) is 15.2 Å². The average molecular weight is 444 g/mol. The van der Waals surface area contributed by atoms with E-state index in [0.29, 0.717) is 11.6 Å². The second kappa shape index (κ2) is 8.68. The van der Waals surface area contributed by atoms with E-state index in [1.165, 1.54) is 24.3 Å². The van der Waals surface area contributed by atoms with Crippen molar-refractivity contribution >= 4 is 34.3 Å². The Labute approximate surface area is 186 Å². The fourth-order valence-electron chi connectivity index (χ4n) is 3.36. The number of fused-ring (bicyclic) bond motifs is 1. The summed E-state index contributed by atoms with van der Waals surface area (Å²) in [5, 5.41) is 11.8. The van der Waals surface area contributed by atoms with Crippen molar-refractivity contribution in [2.45, 2.75) is 10.5 Å². The molecule has 0 aliphatic heterocycles. The van der Waals surface area contributed by atoms with E-state index in [1.54, 1.807) is 0 Å². The summed E-state index contributed by atoms with van der Waals surface area (Å²) in [7, 11) is 0. The molecule has 2 N–H and O–H groups in total. The molecule has 5 aromatic rings. The van der Waals surface area contributed by atoms with Crippen LogP contribution in [0.25, 0.3) is 22.4 Å². The number of thioether (sulfide) groups is 1. The summed E-state index contributed by atoms with van der Waals surface area (Å²) in [6.45, 7) is 0. The number of hydrogen-bond donors (Lipinski definition) is 2. The molecule has 0 aliphatic rings. The second-order valence-electron chi connectivity index (χ2n) is 7.03. The first-order valence-corrected chi connectivity index (χ1v) is 10.7. The number of carbonyl (C=O) groups is 1. The van der Waals surface area contributed by atoms with E-state index >= 15 is 0 Å². The highest BCUT2D eigenvalue weighted by Crippen LogP contribution is 2.37. The van der Waals surface area contributed by atoms with Gasteiger partial charge in [-0.25, -0.2) is 4.39 Å². The van der Waals surface area contributed by atoms with E-state index in [2.05, 4.69) is 20.5 Å². The number of halogens is 1. The summed E-state index contributed by atoms with van der Waals surface area (Å²) < 4.78 is 19.1. The molecule has 6 nitrogen and oxygen atoms in total. The van der Waals surface area contributed by atoms with Crippen molar-refractivity contribution in [3.05, 3.63) is 96.4 Å². The highest BCUT2D eigenvalue weighted by molar-refractivity contribution is 8.00. The summed E-state index contributed by atoms with van der Waals surface area (Å²) in [6, 6.07) is 22.8. The van der Waals surface area contributed by atoms with Gasteiger partial charge in [0.2, 0.25) is 5.91 Å². The van der Waals surface area contributed by atoms with Crippen LogP contribution in [0.1, 0.15) is 10.8 Å². The van der Waals surface area contributed by atoms with Gasteiger partial charge in [0, 0.05) is 22.8 Å². The molecular formula is C24H17FN4O2S. The number of anilines is 1. The molecule has 0 spiro atoms. The third-order valence-corrected chi connectivity index (χ3v) is 5.99. The average Bonchev–Trinajstić information content (AvgIpc) is 3.46. The standard InChI is InChI=1S/C24H17FN4O2S/c25-16-10-12-17(13-11-16)27-22(30)21(15-6-2-1-3-7-15)32-24-29-28-23(31-24)19-14-26-20-9-5-4-8-18(19)20/h1-14,21,26H,(H,27,30). The lowest BCUT2D eigenvalue weighted by Crippen LogP contribution is -2.19. The Morgan fingerprint density at radius 1 is 0.969 bits per heavy atom. The number of para-hydroxylation sites is 1. The Kier molecular flexibility index (Phi) is 5.43. The fraction of sp³-hybridized carbons (Fsp3) is 0.0417. The zero-order chi connectivity index (χ0) is 21.9.